The van der Waals surface area contributed by atoms with Crippen LogP contribution in [0, 0.1) is 6.92 Å². The quantitative estimate of drug-likeness (QED) is 0.792. The molecule has 4 nitrogen and oxygen atoms in total. The lowest BCUT2D eigenvalue weighted by Crippen LogP contribution is -2.15. The molecule has 0 spiro atoms. The molecule has 0 aliphatic carbocycles. The molecule has 2 aromatic heterocycles. The van der Waals surface area contributed by atoms with Crippen molar-refractivity contribution in [2.24, 2.45) is 0 Å². The van der Waals surface area contributed by atoms with Crippen LogP contribution in [0.5, 0.6) is 0 Å². The average Bonchev–Trinajstić information content (AvgIpc) is 3.01. The van der Waals surface area contributed by atoms with Gasteiger partial charge in [-0.3, -0.25) is 9.20 Å². The highest BCUT2D eigenvalue weighted by molar-refractivity contribution is 7.15. The fourth-order valence-electron chi connectivity index (χ4n) is 2.36. The fraction of sp³-hybridized carbons (Fsp3) is 0.250. The van der Waals surface area contributed by atoms with Gasteiger partial charge in [0.2, 0.25) is 0 Å². The van der Waals surface area contributed by atoms with Gasteiger partial charge in [0.15, 0.2) is 4.96 Å². The van der Waals surface area contributed by atoms with Crippen molar-refractivity contribution in [1.82, 2.24) is 9.38 Å². The number of para-hydroxylation sites is 1. The first-order valence-electron chi connectivity index (χ1n) is 6.89. The predicted octanol–water partition coefficient (Wildman–Crippen LogP) is 4.08. The maximum absolute atomic E-state index is 12.4. The van der Waals surface area contributed by atoms with Crippen molar-refractivity contribution in [2.75, 3.05) is 5.32 Å². The molecular weight excluding hydrogens is 282 g/mol. The Labute approximate surface area is 127 Å². The standard InChI is InChI=1S/C16H17N3OS/c1-10(2)12-6-4-5-11(3)14(12)18-15(20)13-9-19-7-8-21-16(19)17-13/h4-10H,1-3H3,(H,18,20). The molecule has 0 aliphatic rings. The first-order valence-corrected chi connectivity index (χ1v) is 7.77. The third-order valence-corrected chi connectivity index (χ3v) is 4.26. The van der Waals surface area contributed by atoms with E-state index in [2.05, 4.69) is 30.2 Å². The molecule has 3 rings (SSSR count). The second kappa shape index (κ2) is 5.33. The average molecular weight is 299 g/mol. The minimum absolute atomic E-state index is 0.165. The van der Waals surface area contributed by atoms with Crippen molar-refractivity contribution in [3.63, 3.8) is 0 Å². The Morgan fingerprint density at radius 3 is 2.90 bits per heavy atom. The summed E-state index contributed by atoms with van der Waals surface area (Å²) in [5, 5.41) is 4.96. The van der Waals surface area contributed by atoms with Crippen LogP contribution in [0.1, 0.15) is 41.4 Å². The molecule has 0 aliphatic heterocycles. The summed E-state index contributed by atoms with van der Waals surface area (Å²) in [7, 11) is 0. The Kier molecular flexibility index (Phi) is 3.51. The summed E-state index contributed by atoms with van der Waals surface area (Å²) < 4.78 is 1.86. The van der Waals surface area contributed by atoms with Gasteiger partial charge in [-0.05, 0) is 24.0 Å². The summed E-state index contributed by atoms with van der Waals surface area (Å²) in [6.07, 6.45) is 3.66. The van der Waals surface area contributed by atoms with Crippen LogP contribution in [0.2, 0.25) is 0 Å². The lowest BCUT2D eigenvalue weighted by molar-refractivity contribution is 0.102. The van der Waals surface area contributed by atoms with Gasteiger partial charge in [-0.25, -0.2) is 4.98 Å². The van der Waals surface area contributed by atoms with E-state index >= 15 is 0 Å². The summed E-state index contributed by atoms with van der Waals surface area (Å²) in [6, 6.07) is 6.08. The van der Waals surface area contributed by atoms with Crippen LogP contribution in [0.15, 0.2) is 36.0 Å². The van der Waals surface area contributed by atoms with Gasteiger partial charge in [0.05, 0.1) is 0 Å². The van der Waals surface area contributed by atoms with Crippen molar-refractivity contribution < 1.29 is 4.79 Å². The van der Waals surface area contributed by atoms with Crippen LogP contribution in [0.4, 0.5) is 5.69 Å². The molecule has 1 amide bonds. The first-order chi connectivity index (χ1) is 10.1. The van der Waals surface area contributed by atoms with E-state index in [1.54, 1.807) is 6.20 Å². The van der Waals surface area contributed by atoms with Crippen molar-refractivity contribution in [1.29, 1.82) is 0 Å². The number of aromatic nitrogens is 2. The molecule has 0 saturated heterocycles. The van der Waals surface area contributed by atoms with Crippen LogP contribution in [-0.2, 0) is 0 Å². The van der Waals surface area contributed by atoms with Gasteiger partial charge < -0.3 is 5.32 Å². The van der Waals surface area contributed by atoms with Crippen molar-refractivity contribution in [3.05, 3.63) is 52.8 Å². The van der Waals surface area contributed by atoms with Gasteiger partial charge in [0, 0.05) is 23.5 Å². The van der Waals surface area contributed by atoms with Crippen LogP contribution < -0.4 is 5.32 Å². The second-order valence-electron chi connectivity index (χ2n) is 5.37. The van der Waals surface area contributed by atoms with E-state index < -0.39 is 0 Å². The van der Waals surface area contributed by atoms with Gasteiger partial charge in [0.1, 0.15) is 5.69 Å². The van der Waals surface area contributed by atoms with E-state index in [9.17, 15) is 4.79 Å². The molecule has 0 saturated carbocycles. The Morgan fingerprint density at radius 2 is 2.19 bits per heavy atom. The molecule has 0 atom stereocenters. The van der Waals surface area contributed by atoms with Crippen molar-refractivity contribution >= 4 is 27.9 Å². The molecule has 0 fully saturated rings. The number of anilines is 1. The van der Waals surface area contributed by atoms with Gasteiger partial charge in [-0.1, -0.05) is 32.0 Å². The summed E-state index contributed by atoms with van der Waals surface area (Å²) >= 11 is 1.51. The highest BCUT2D eigenvalue weighted by Gasteiger charge is 2.15. The van der Waals surface area contributed by atoms with Gasteiger partial charge in [0.25, 0.3) is 5.91 Å². The minimum atomic E-state index is -0.165. The molecule has 108 valence electrons. The summed E-state index contributed by atoms with van der Waals surface area (Å²) in [6.45, 7) is 6.25. The number of amides is 1. The Hall–Kier alpha value is -2.14. The molecule has 1 N–H and O–H groups in total. The monoisotopic (exact) mass is 299 g/mol. The number of carbonyl (C=O) groups is 1. The maximum Gasteiger partial charge on any atom is 0.275 e. The second-order valence-corrected chi connectivity index (χ2v) is 6.24. The maximum atomic E-state index is 12.4. The number of nitrogens with one attached hydrogen (secondary N) is 1. The molecule has 5 heteroatoms. The SMILES string of the molecule is Cc1cccc(C(C)C)c1NC(=O)c1cn2ccsc2n1. The Balaban J connectivity index is 1.93. The Bertz CT molecular complexity index is 772. The Morgan fingerprint density at radius 1 is 1.38 bits per heavy atom. The van der Waals surface area contributed by atoms with Crippen molar-refractivity contribution in [3.8, 4) is 0 Å². The van der Waals surface area contributed by atoms with E-state index in [1.165, 1.54) is 11.3 Å². The van der Waals surface area contributed by atoms with Crippen LogP contribution in [0.3, 0.4) is 0 Å². The predicted molar refractivity (Wildman–Crippen MR) is 86.3 cm³/mol. The number of hydrogen-bond donors (Lipinski definition) is 1. The molecule has 3 aromatic rings. The van der Waals surface area contributed by atoms with E-state index in [0.29, 0.717) is 11.6 Å². The van der Waals surface area contributed by atoms with E-state index in [4.69, 9.17) is 0 Å². The lowest BCUT2D eigenvalue weighted by atomic mass is 9.98. The number of thiazole rings is 1. The fourth-order valence-corrected chi connectivity index (χ4v) is 3.06. The third-order valence-electron chi connectivity index (χ3n) is 3.49. The zero-order valence-corrected chi connectivity index (χ0v) is 13.1. The van der Waals surface area contributed by atoms with Crippen molar-refractivity contribution in [2.45, 2.75) is 26.7 Å². The van der Waals surface area contributed by atoms with Crippen LogP contribution >= 0.6 is 11.3 Å². The largest absolute Gasteiger partial charge is 0.320 e. The minimum Gasteiger partial charge on any atom is -0.320 e. The van der Waals surface area contributed by atoms with Gasteiger partial charge in [-0.2, -0.15) is 0 Å². The summed E-state index contributed by atoms with van der Waals surface area (Å²) in [5.74, 6) is 0.188. The van der Waals surface area contributed by atoms with E-state index in [1.807, 2.05) is 35.0 Å². The number of hydrogen-bond acceptors (Lipinski definition) is 3. The number of nitrogens with zero attached hydrogens (tertiary/aromatic N) is 2. The molecule has 0 bridgehead atoms. The highest BCUT2D eigenvalue weighted by Crippen LogP contribution is 2.27. The molecule has 0 unspecified atom stereocenters. The summed E-state index contributed by atoms with van der Waals surface area (Å²) in [5.41, 5.74) is 3.55. The van der Waals surface area contributed by atoms with Crippen LogP contribution in [0.25, 0.3) is 4.96 Å². The summed E-state index contributed by atoms with van der Waals surface area (Å²) in [4.78, 5) is 17.6. The first kappa shape index (κ1) is 13.8. The van der Waals surface area contributed by atoms with E-state index in [0.717, 1.165) is 21.8 Å². The van der Waals surface area contributed by atoms with Gasteiger partial charge in [-0.15, -0.1) is 11.3 Å². The highest BCUT2D eigenvalue weighted by atomic mass is 32.1. The zero-order valence-electron chi connectivity index (χ0n) is 12.3. The molecular formula is C16H17N3OS. The number of rotatable bonds is 3. The van der Waals surface area contributed by atoms with Gasteiger partial charge >= 0.3 is 0 Å². The zero-order chi connectivity index (χ0) is 15.0. The van der Waals surface area contributed by atoms with Crippen LogP contribution in [-0.4, -0.2) is 15.3 Å². The smallest absolute Gasteiger partial charge is 0.275 e. The molecule has 2 heterocycles. The number of fused-ring (bicyclic) bond motifs is 1. The number of aryl methyl sites for hydroxylation is 1. The van der Waals surface area contributed by atoms with E-state index in [-0.39, 0.29) is 5.91 Å². The number of imidazole rings is 1. The topological polar surface area (TPSA) is 46.4 Å². The number of benzene rings is 1. The molecule has 0 radical (unpaired) electrons. The normalized spacial score (nSPS) is 11.2. The molecule has 1 aromatic carbocycles. The number of carbonyl (C=O) groups excluding carboxylic acids is 1. The third kappa shape index (κ3) is 2.56. The molecule has 21 heavy (non-hydrogen) atoms. The lowest BCUT2D eigenvalue weighted by Gasteiger charge is -2.15.